The molecule has 1 aromatic carbocycles. The number of benzene rings is 1. The van der Waals surface area contributed by atoms with Gasteiger partial charge in [0.05, 0.1) is 10.9 Å². The van der Waals surface area contributed by atoms with Gasteiger partial charge in [0.1, 0.15) is 4.21 Å². The van der Waals surface area contributed by atoms with Gasteiger partial charge in [0, 0.05) is 48.3 Å². The number of nitrogens with one attached hydrogen (secondary N) is 1. The number of hydrogen-bond acceptors (Lipinski definition) is 5. The van der Waals surface area contributed by atoms with E-state index >= 15 is 0 Å². The first-order valence-electron chi connectivity index (χ1n) is 8.94. The number of sulfonamides is 1. The standard InChI is InChI=1S/C19H20ClN3O3S2/c1-13-19(14-4-2-3-5-15(14)21-13)16(24)12-22-8-10-23(11-9-22)28(25,26)18-7-6-17(20)27-18/h2-7,21H,8-12H2,1H3. The summed E-state index contributed by atoms with van der Waals surface area (Å²) in [7, 11) is -3.52. The third-order valence-electron chi connectivity index (χ3n) is 5.01. The zero-order chi connectivity index (χ0) is 19.9. The van der Waals surface area contributed by atoms with Gasteiger partial charge in [-0.3, -0.25) is 9.69 Å². The number of halogens is 1. The molecule has 0 radical (unpaired) electrons. The van der Waals surface area contributed by atoms with Crippen molar-refractivity contribution in [2.45, 2.75) is 11.1 Å². The van der Waals surface area contributed by atoms with Crippen LogP contribution in [-0.4, -0.2) is 61.1 Å². The van der Waals surface area contributed by atoms with E-state index in [9.17, 15) is 13.2 Å². The Bertz CT molecular complexity index is 1130. The predicted octanol–water partition coefficient (Wildman–Crippen LogP) is 3.38. The lowest BCUT2D eigenvalue weighted by atomic mass is 10.1. The molecule has 0 saturated carbocycles. The zero-order valence-corrected chi connectivity index (χ0v) is 17.7. The normalized spacial score (nSPS) is 16.6. The average molecular weight is 438 g/mol. The fourth-order valence-electron chi connectivity index (χ4n) is 3.61. The number of hydrogen-bond donors (Lipinski definition) is 1. The fourth-order valence-corrected chi connectivity index (χ4v) is 6.67. The lowest BCUT2D eigenvalue weighted by molar-refractivity contribution is 0.0903. The van der Waals surface area contributed by atoms with Crippen molar-refractivity contribution in [3.05, 3.63) is 52.0 Å². The van der Waals surface area contributed by atoms with Crippen LogP contribution in [0.1, 0.15) is 16.1 Å². The van der Waals surface area contributed by atoms with Crippen molar-refractivity contribution >= 4 is 49.6 Å². The van der Waals surface area contributed by atoms with Gasteiger partial charge in [-0.25, -0.2) is 8.42 Å². The molecule has 6 nitrogen and oxygen atoms in total. The van der Waals surface area contributed by atoms with E-state index in [-0.39, 0.29) is 16.5 Å². The Labute approximate surface area is 172 Å². The van der Waals surface area contributed by atoms with Gasteiger partial charge in [-0.15, -0.1) is 11.3 Å². The molecule has 0 atom stereocenters. The van der Waals surface area contributed by atoms with E-state index in [0.717, 1.165) is 33.5 Å². The van der Waals surface area contributed by atoms with E-state index in [1.165, 1.54) is 10.4 Å². The number of aromatic amines is 1. The van der Waals surface area contributed by atoms with Gasteiger partial charge in [-0.2, -0.15) is 4.31 Å². The second kappa shape index (κ2) is 7.61. The molecule has 2 aromatic heterocycles. The number of aromatic nitrogens is 1. The zero-order valence-electron chi connectivity index (χ0n) is 15.3. The first-order chi connectivity index (χ1) is 13.4. The molecule has 1 saturated heterocycles. The number of thiophene rings is 1. The molecule has 1 aliphatic heterocycles. The fraction of sp³-hybridized carbons (Fsp3) is 0.316. The Kier molecular flexibility index (Phi) is 5.32. The Morgan fingerprint density at radius 2 is 1.86 bits per heavy atom. The highest BCUT2D eigenvalue weighted by atomic mass is 35.5. The number of piperazine rings is 1. The van der Waals surface area contributed by atoms with Gasteiger partial charge >= 0.3 is 0 Å². The minimum atomic E-state index is -3.52. The number of aryl methyl sites for hydroxylation is 1. The molecule has 0 amide bonds. The molecular formula is C19H20ClN3O3S2. The molecule has 28 heavy (non-hydrogen) atoms. The van der Waals surface area contributed by atoms with E-state index in [4.69, 9.17) is 11.6 Å². The summed E-state index contributed by atoms with van der Waals surface area (Å²) in [6, 6.07) is 10.9. The molecule has 0 aliphatic carbocycles. The Morgan fingerprint density at radius 3 is 2.54 bits per heavy atom. The monoisotopic (exact) mass is 437 g/mol. The largest absolute Gasteiger partial charge is 0.358 e. The molecule has 9 heteroatoms. The number of Topliss-reactive ketones (excluding diaryl/α,β-unsaturated/α-hetero) is 1. The molecule has 0 spiro atoms. The molecular weight excluding hydrogens is 418 g/mol. The van der Waals surface area contributed by atoms with E-state index < -0.39 is 10.0 Å². The summed E-state index contributed by atoms with van der Waals surface area (Å²) in [6.07, 6.45) is 0. The van der Waals surface area contributed by atoms with Crippen LogP contribution in [-0.2, 0) is 10.0 Å². The van der Waals surface area contributed by atoms with Crippen molar-refractivity contribution in [1.29, 1.82) is 0 Å². The van der Waals surface area contributed by atoms with E-state index in [1.54, 1.807) is 6.07 Å². The highest BCUT2D eigenvalue weighted by Gasteiger charge is 2.30. The quantitative estimate of drug-likeness (QED) is 0.621. The molecule has 0 unspecified atom stereocenters. The summed E-state index contributed by atoms with van der Waals surface area (Å²) in [4.78, 5) is 18.2. The Balaban J connectivity index is 1.43. The second-order valence-electron chi connectivity index (χ2n) is 6.83. The van der Waals surface area contributed by atoms with Gasteiger partial charge in [0.2, 0.25) is 0 Å². The molecule has 148 valence electrons. The first-order valence-corrected chi connectivity index (χ1v) is 11.6. The van der Waals surface area contributed by atoms with Crippen molar-refractivity contribution < 1.29 is 13.2 Å². The molecule has 1 N–H and O–H groups in total. The van der Waals surface area contributed by atoms with Gasteiger partial charge in [-0.05, 0) is 25.1 Å². The lowest BCUT2D eigenvalue weighted by Crippen LogP contribution is -2.49. The van der Waals surface area contributed by atoms with Gasteiger partial charge < -0.3 is 4.98 Å². The van der Waals surface area contributed by atoms with Gasteiger partial charge in [0.15, 0.2) is 5.78 Å². The van der Waals surface area contributed by atoms with Crippen LogP contribution in [0.5, 0.6) is 0 Å². The highest BCUT2D eigenvalue weighted by Crippen LogP contribution is 2.29. The maximum Gasteiger partial charge on any atom is 0.252 e. The number of fused-ring (bicyclic) bond motifs is 1. The van der Waals surface area contributed by atoms with Crippen LogP contribution in [0, 0.1) is 6.92 Å². The summed E-state index contributed by atoms with van der Waals surface area (Å²) in [6.45, 7) is 3.94. The van der Waals surface area contributed by atoms with Crippen LogP contribution >= 0.6 is 22.9 Å². The minimum Gasteiger partial charge on any atom is -0.358 e. The second-order valence-corrected chi connectivity index (χ2v) is 10.7. The Hall–Kier alpha value is -1.71. The maximum absolute atomic E-state index is 12.9. The molecule has 3 heterocycles. The maximum atomic E-state index is 12.9. The predicted molar refractivity (Wildman–Crippen MR) is 112 cm³/mol. The average Bonchev–Trinajstić information content (AvgIpc) is 3.25. The molecule has 1 fully saturated rings. The molecule has 3 aromatic rings. The van der Waals surface area contributed by atoms with E-state index in [1.807, 2.05) is 36.1 Å². The number of para-hydroxylation sites is 1. The third kappa shape index (κ3) is 3.62. The number of carbonyl (C=O) groups is 1. The topological polar surface area (TPSA) is 73.5 Å². The van der Waals surface area contributed by atoms with Crippen LogP contribution in [0.3, 0.4) is 0 Å². The van der Waals surface area contributed by atoms with Gasteiger partial charge in [0.25, 0.3) is 10.0 Å². The summed E-state index contributed by atoms with van der Waals surface area (Å²) in [5.74, 6) is 0.0521. The van der Waals surface area contributed by atoms with Crippen LogP contribution in [0.2, 0.25) is 4.34 Å². The third-order valence-corrected chi connectivity index (χ3v) is 8.61. The molecule has 4 rings (SSSR count). The summed E-state index contributed by atoms with van der Waals surface area (Å²) < 4.78 is 27.6. The number of rotatable bonds is 5. The van der Waals surface area contributed by atoms with Crippen molar-refractivity contribution in [1.82, 2.24) is 14.2 Å². The summed E-state index contributed by atoms with van der Waals surface area (Å²) in [5, 5.41) is 0.931. The summed E-state index contributed by atoms with van der Waals surface area (Å²) in [5.41, 5.74) is 2.54. The van der Waals surface area contributed by atoms with Crippen molar-refractivity contribution in [2.75, 3.05) is 32.7 Å². The van der Waals surface area contributed by atoms with E-state index in [0.29, 0.717) is 30.5 Å². The SMILES string of the molecule is Cc1[nH]c2ccccc2c1C(=O)CN1CCN(S(=O)(=O)c2ccc(Cl)s2)CC1. The van der Waals surface area contributed by atoms with Gasteiger partial charge in [-0.1, -0.05) is 29.8 Å². The highest BCUT2D eigenvalue weighted by molar-refractivity contribution is 7.91. The number of carbonyl (C=O) groups excluding carboxylic acids is 1. The van der Waals surface area contributed by atoms with Crippen LogP contribution in [0.4, 0.5) is 0 Å². The number of nitrogens with zero attached hydrogens (tertiary/aromatic N) is 2. The van der Waals surface area contributed by atoms with Crippen LogP contribution in [0.15, 0.2) is 40.6 Å². The van der Waals surface area contributed by atoms with Crippen molar-refractivity contribution in [3.63, 3.8) is 0 Å². The number of H-pyrrole nitrogens is 1. The van der Waals surface area contributed by atoms with E-state index in [2.05, 4.69) is 4.98 Å². The smallest absolute Gasteiger partial charge is 0.252 e. The first kappa shape index (κ1) is 19.6. The minimum absolute atomic E-state index is 0.0521. The Morgan fingerprint density at radius 1 is 1.14 bits per heavy atom. The van der Waals surface area contributed by atoms with Crippen molar-refractivity contribution in [3.8, 4) is 0 Å². The molecule has 1 aliphatic rings. The van der Waals surface area contributed by atoms with Crippen molar-refractivity contribution in [2.24, 2.45) is 0 Å². The summed E-state index contributed by atoms with van der Waals surface area (Å²) >= 11 is 6.94. The van der Waals surface area contributed by atoms with Crippen LogP contribution < -0.4 is 0 Å². The lowest BCUT2D eigenvalue weighted by Gasteiger charge is -2.33. The number of ketones is 1. The van der Waals surface area contributed by atoms with Crippen LogP contribution in [0.25, 0.3) is 10.9 Å². The molecule has 0 bridgehead atoms.